The number of halogens is 9. The number of aromatic nitrogens is 5. The minimum absolute atomic E-state index is 0.210. The summed E-state index contributed by atoms with van der Waals surface area (Å²) >= 11 is 0. The second-order valence-electron chi connectivity index (χ2n) is 9.29. The van der Waals surface area contributed by atoms with Gasteiger partial charge in [-0.05, 0) is 42.7 Å². The maximum atomic E-state index is 13.5. The highest BCUT2D eigenvalue weighted by atomic mass is 19.4. The Morgan fingerprint density at radius 2 is 1.42 bits per heavy atom. The lowest BCUT2D eigenvalue weighted by Crippen LogP contribution is -2.34. The molecule has 19 heteroatoms. The van der Waals surface area contributed by atoms with Gasteiger partial charge in [0.05, 0.1) is 18.2 Å². The summed E-state index contributed by atoms with van der Waals surface area (Å²) in [5, 5.41) is 14.2. The van der Waals surface area contributed by atoms with Crippen LogP contribution in [0.2, 0.25) is 0 Å². The molecule has 0 aliphatic carbocycles. The van der Waals surface area contributed by atoms with Gasteiger partial charge in [0.15, 0.2) is 22.9 Å². The number of alkyl halides is 6. The average molecular weight is 652 g/mol. The van der Waals surface area contributed by atoms with Crippen LogP contribution in [-0.4, -0.2) is 77.0 Å². The molecule has 0 bridgehead atoms. The number of piperidine rings is 1. The highest BCUT2D eigenvalue weighted by Crippen LogP contribution is 2.27. The molecule has 1 aromatic carbocycles. The number of carboxylic acid groups (broad SMARTS) is 2. The Hall–Kier alpha value is -4.81. The van der Waals surface area contributed by atoms with Crippen LogP contribution in [0.4, 0.5) is 39.5 Å². The molecule has 45 heavy (non-hydrogen) atoms. The number of pyridine rings is 1. The maximum absolute atomic E-state index is 13.5. The molecule has 0 saturated carbocycles. The lowest BCUT2D eigenvalue weighted by molar-refractivity contribution is -0.193. The number of hydrogen-bond acceptors (Lipinski definition) is 7. The molecular weight excluding hydrogens is 631 g/mol. The third-order valence-electron chi connectivity index (χ3n) is 6.13. The predicted octanol–water partition coefficient (Wildman–Crippen LogP) is 5.41. The summed E-state index contributed by atoms with van der Waals surface area (Å²) in [5.41, 5.74) is 3.29. The summed E-state index contributed by atoms with van der Waals surface area (Å²) in [6, 6.07) is 7.17. The molecule has 1 aliphatic heterocycles. The molecule has 242 valence electrons. The quantitative estimate of drug-likeness (QED) is 0.219. The molecule has 0 unspecified atom stereocenters. The number of imidazole rings is 1. The van der Waals surface area contributed by atoms with E-state index in [2.05, 4.69) is 19.9 Å². The molecule has 4 aromatic rings. The minimum Gasteiger partial charge on any atom is -0.475 e. The molecule has 0 spiro atoms. The average Bonchev–Trinajstić information content (AvgIpc) is 3.39. The molecule has 10 nitrogen and oxygen atoms in total. The fraction of sp³-hybridized carbons (Fsp3) is 0.308. The summed E-state index contributed by atoms with van der Waals surface area (Å²) in [4.78, 5) is 37.2. The number of carbonyl (C=O) groups is 2. The molecule has 0 amide bonds. The van der Waals surface area contributed by atoms with Gasteiger partial charge in [-0.15, -0.1) is 0 Å². The van der Waals surface area contributed by atoms with Crippen LogP contribution in [0.1, 0.15) is 24.4 Å². The number of nitrogens with zero attached hydrogens (tertiary/aromatic N) is 6. The van der Waals surface area contributed by atoms with Gasteiger partial charge >= 0.3 is 24.3 Å². The molecular formula is C26H21F9N6O4. The van der Waals surface area contributed by atoms with Crippen molar-refractivity contribution in [3.63, 3.8) is 0 Å². The Balaban J connectivity index is 0.000000331. The first-order chi connectivity index (χ1) is 21.0. The maximum Gasteiger partial charge on any atom is 0.490 e. The van der Waals surface area contributed by atoms with Gasteiger partial charge in [0.25, 0.3) is 0 Å². The van der Waals surface area contributed by atoms with Crippen LogP contribution in [0.15, 0.2) is 49.1 Å². The molecule has 1 saturated heterocycles. The van der Waals surface area contributed by atoms with Gasteiger partial charge in [-0.1, -0.05) is 6.07 Å². The van der Waals surface area contributed by atoms with Crippen LogP contribution < -0.4 is 0 Å². The lowest BCUT2D eigenvalue weighted by Gasteiger charge is -2.32. The summed E-state index contributed by atoms with van der Waals surface area (Å²) < 4.78 is 105. The number of fused-ring (bicyclic) bond motifs is 1. The molecule has 5 rings (SSSR count). The standard InChI is InChI=1S/C22H19F3N6.2C2HF3O2/c23-17-3-1-14(9-18(17)24)12-30-7-5-16(6-8-30)31-13-28-21-22(31)29-19(11-27-21)15-2-4-20(25)26-10-15;2*3-2(4,5)1(6)7/h1-4,9-11,13,16H,5-8,12H2;2*(H,6,7). The van der Waals surface area contributed by atoms with Crippen molar-refractivity contribution < 1.29 is 59.3 Å². The highest BCUT2D eigenvalue weighted by Gasteiger charge is 2.38. The molecule has 0 atom stereocenters. The Bertz CT molecular complexity index is 1600. The molecule has 2 N–H and O–H groups in total. The van der Waals surface area contributed by atoms with Crippen LogP contribution in [-0.2, 0) is 16.1 Å². The largest absolute Gasteiger partial charge is 0.490 e. The zero-order valence-electron chi connectivity index (χ0n) is 22.5. The molecule has 4 heterocycles. The summed E-state index contributed by atoms with van der Waals surface area (Å²) in [6.07, 6.45) is -3.62. The summed E-state index contributed by atoms with van der Waals surface area (Å²) in [5.74, 6) is -7.70. The second kappa shape index (κ2) is 14.3. The van der Waals surface area contributed by atoms with Crippen molar-refractivity contribution in [1.29, 1.82) is 0 Å². The SMILES string of the molecule is Fc1ccc(-c2cnc3ncn(C4CCN(Cc5ccc(F)c(F)c5)CC4)c3n2)cn1.O=C(O)C(F)(F)F.O=C(O)C(F)(F)F. The van der Waals surface area contributed by atoms with Gasteiger partial charge < -0.3 is 14.8 Å². The molecule has 1 fully saturated rings. The Morgan fingerprint density at radius 1 is 0.822 bits per heavy atom. The van der Waals surface area contributed by atoms with Crippen LogP contribution in [0.25, 0.3) is 22.6 Å². The molecule has 1 aliphatic rings. The zero-order chi connectivity index (χ0) is 33.5. The van der Waals surface area contributed by atoms with Crippen LogP contribution in [0.5, 0.6) is 0 Å². The van der Waals surface area contributed by atoms with Gasteiger partial charge in [0, 0.05) is 37.4 Å². The third-order valence-corrected chi connectivity index (χ3v) is 6.13. The van der Waals surface area contributed by atoms with Crippen molar-refractivity contribution in [2.45, 2.75) is 37.8 Å². The van der Waals surface area contributed by atoms with E-state index in [4.69, 9.17) is 24.8 Å². The van der Waals surface area contributed by atoms with E-state index >= 15 is 0 Å². The van der Waals surface area contributed by atoms with E-state index in [9.17, 15) is 39.5 Å². The van der Waals surface area contributed by atoms with Gasteiger partial charge in [0.2, 0.25) is 5.95 Å². The van der Waals surface area contributed by atoms with Crippen LogP contribution >= 0.6 is 0 Å². The minimum atomic E-state index is -5.08. The number of benzene rings is 1. The first-order valence-electron chi connectivity index (χ1n) is 12.5. The van der Waals surface area contributed by atoms with E-state index in [-0.39, 0.29) is 6.04 Å². The summed E-state index contributed by atoms with van der Waals surface area (Å²) in [7, 11) is 0. The number of likely N-dealkylation sites (tertiary alicyclic amines) is 1. The van der Waals surface area contributed by atoms with E-state index < -0.39 is 41.9 Å². The monoisotopic (exact) mass is 652 g/mol. The van der Waals surface area contributed by atoms with E-state index in [0.717, 1.165) is 31.5 Å². The van der Waals surface area contributed by atoms with Crippen molar-refractivity contribution in [3.05, 3.63) is 72.2 Å². The first kappa shape index (κ1) is 34.7. The van der Waals surface area contributed by atoms with Crippen molar-refractivity contribution in [2.24, 2.45) is 0 Å². The lowest BCUT2D eigenvalue weighted by atomic mass is 10.0. The smallest absolute Gasteiger partial charge is 0.475 e. The molecule has 3 aromatic heterocycles. The van der Waals surface area contributed by atoms with Gasteiger partial charge in [-0.25, -0.2) is 38.3 Å². The number of hydrogen-bond donors (Lipinski definition) is 2. The van der Waals surface area contributed by atoms with E-state index in [0.29, 0.717) is 29.1 Å². The van der Waals surface area contributed by atoms with Crippen molar-refractivity contribution in [3.8, 4) is 11.3 Å². The van der Waals surface area contributed by atoms with Crippen molar-refractivity contribution >= 4 is 23.2 Å². The Kier molecular flexibility index (Phi) is 11.0. The van der Waals surface area contributed by atoms with Gasteiger partial charge in [-0.3, -0.25) is 4.90 Å². The predicted molar refractivity (Wildman–Crippen MR) is 136 cm³/mol. The fourth-order valence-electron chi connectivity index (χ4n) is 3.99. The van der Waals surface area contributed by atoms with Gasteiger partial charge in [0.1, 0.15) is 0 Å². The van der Waals surface area contributed by atoms with E-state index in [1.54, 1.807) is 24.7 Å². The third kappa shape index (κ3) is 9.85. The number of rotatable bonds is 4. The zero-order valence-corrected chi connectivity index (χ0v) is 22.5. The second-order valence-corrected chi connectivity index (χ2v) is 9.29. The van der Waals surface area contributed by atoms with Crippen molar-refractivity contribution in [2.75, 3.05) is 13.1 Å². The fourth-order valence-corrected chi connectivity index (χ4v) is 3.99. The van der Waals surface area contributed by atoms with Crippen LogP contribution in [0.3, 0.4) is 0 Å². The van der Waals surface area contributed by atoms with Crippen LogP contribution in [0, 0.1) is 17.6 Å². The summed E-state index contributed by atoms with van der Waals surface area (Å²) in [6.45, 7) is 2.22. The van der Waals surface area contributed by atoms with E-state index in [1.165, 1.54) is 24.4 Å². The van der Waals surface area contributed by atoms with Crippen molar-refractivity contribution in [1.82, 2.24) is 29.4 Å². The highest BCUT2D eigenvalue weighted by molar-refractivity contribution is 5.73. The van der Waals surface area contributed by atoms with Gasteiger partial charge in [-0.2, -0.15) is 30.7 Å². The topological polar surface area (TPSA) is 134 Å². The Morgan fingerprint density at radius 3 is 1.93 bits per heavy atom. The first-order valence-corrected chi connectivity index (χ1v) is 12.5. The number of aliphatic carboxylic acids is 2. The number of carboxylic acids is 2. The molecule has 0 radical (unpaired) electrons. The Labute approximate surface area is 246 Å². The normalized spacial score (nSPS) is 14.2. The van der Waals surface area contributed by atoms with E-state index in [1.807, 2.05) is 4.57 Å².